The van der Waals surface area contributed by atoms with Gasteiger partial charge in [-0.3, -0.25) is 0 Å². The average molecular weight is 226 g/mol. The largest absolute Gasteiger partial charge is 0.396 e. The van der Waals surface area contributed by atoms with Crippen LogP contribution in [0.2, 0.25) is 5.15 Å². The third-order valence-electron chi connectivity index (χ3n) is 3.08. The number of nitrogens with two attached hydrogens (primary N) is 1. The number of hydrogen-bond acceptors (Lipinski definition) is 3. The summed E-state index contributed by atoms with van der Waals surface area (Å²) in [7, 11) is 0. The summed E-state index contributed by atoms with van der Waals surface area (Å²) in [6.07, 6.45) is 3.74. The second-order valence-corrected chi connectivity index (χ2v) is 4.62. The molecule has 0 saturated heterocycles. The van der Waals surface area contributed by atoms with Gasteiger partial charge in [-0.05, 0) is 30.9 Å². The summed E-state index contributed by atoms with van der Waals surface area (Å²) in [5.74, 6) is 1.41. The number of anilines is 2. The lowest BCUT2D eigenvalue weighted by atomic mass is 10.1. The quantitative estimate of drug-likeness (QED) is 0.761. The minimum absolute atomic E-state index is 0.484. The van der Waals surface area contributed by atoms with Gasteiger partial charge in [0.2, 0.25) is 0 Å². The van der Waals surface area contributed by atoms with E-state index in [2.05, 4.69) is 17.2 Å². The van der Waals surface area contributed by atoms with Crippen molar-refractivity contribution in [3.63, 3.8) is 0 Å². The molecule has 1 aromatic rings. The van der Waals surface area contributed by atoms with Crippen molar-refractivity contribution >= 4 is 23.1 Å². The van der Waals surface area contributed by atoms with Crippen LogP contribution in [0.4, 0.5) is 11.5 Å². The summed E-state index contributed by atoms with van der Waals surface area (Å²) in [4.78, 5) is 4.20. The molecule has 2 atom stereocenters. The number of halogens is 1. The number of pyridine rings is 1. The molecule has 0 bridgehead atoms. The van der Waals surface area contributed by atoms with Crippen LogP contribution in [-0.2, 0) is 0 Å². The topological polar surface area (TPSA) is 50.9 Å². The Bertz CT molecular complexity index is 354. The van der Waals surface area contributed by atoms with Crippen LogP contribution in [0.25, 0.3) is 0 Å². The maximum absolute atomic E-state index is 5.83. The van der Waals surface area contributed by atoms with Gasteiger partial charge < -0.3 is 11.1 Å². The normalized spacial score (nSPS) is 25.5. The molecule has 1 saturated carbocycles. The van der Waals surface area contributed by atoms with Crippen LogP contribution in [0.1, 0.15) is 26.2 Å². The molecule has 2 unspecified atom stereocenters. The summed E-state index contributed by atoms with van der Waals surface area (Å²) in [6.45, 7) is 2.26. The molecule has 0 aliphatic heterocycles. The minimum Gasteiger partial charge on any atom is -0.396 e. The standard InChI is InChI=1S/C11H16ClN3/c1-7-3-2-4-9(7)14-11-8(13)5-6-10(12)15-11/h5-7,9H,2-4,13H2,1H3,(H,14,15). The van der Waals surface area contributed by atoms with E-state index in [0.29, 0.717) is 22.8 Å². The molecule has 0 spiro atoms. The number of nitrogens with one attached hydrogen (secondary N) is 1. The monoisotopic (exact) mass is 225 g/mol. The highest BCUT2D eigenvalue weighted by Crippen LogP contribution is 2.29. The van der Waals surface area contributed by atoms with E-state index in [-0.39, 0.29) is 0 Å². The van der Waals surface area contributed by atoms with E-state index in [0.717, 1.165) is 5.82 Å². The molecular formula is C11H16ClN3. The molecule has 0 aromatic carbocycles. The van der Waals surface area contributed by atoms with Crippen LogP contribution in [0.5, 0.6) is 0 Å². The molecular weight excluding hydrogens is 210 g/mol. The third-order valence-corrected chi connectivity index (χ3v) is 3.29. The fourth-order valence-electron chi connectivity index (χ4n) is 2.10. The zero-order valence-electron chi connectivity index (χ0n) is 8.83. The Kier molecular flexibility index (Phi) is 3.00. The van der Waals surface area contributed by atoms with Gasteiger partial charge in [-0.15, -0.1) is 0 Å². The number of nitrogen functional groups attached to an aromatic ring is 1. The van der Waals surface area contributed by atoms with E-state index in [9.17, 15) is 0 Å². The van der Waals surface area contributed by atoms with Gasteiger partial charge in [-0.25, -0.2) is 4.98 Å². The second-order valence-electron chi connectivity index (χ2n) is 4.23. The van der Waals surface area contributed by atoms with E-state index >= 15 is 0 Å². The number of rotatable bonds is 2. The molecule has 2 rings (SSSR count). The van der Waals surface area contributed by atoms with Crippen molar-refractivity contribution in [3.8, 4) is 0 Å². The van der Waals surface area contributed by atoms with Crippen molar-refractivity contribution in [2.75, 3.05) is 11.1 Å². The molecule has 0 radical (unpaired) electrons. The SMILES string of the molecule is CC1CCCC1Nc1nc(Cl)ccc1N. The van der Waals surface area contributed by atoms with Crippen molar-refractivity contribution in [3.05, 3.63) is 17.3 Å². The third kappa shape index (κ3) is 2.34. The van der Waals surface area contributed by atoms with Crippen LogP contribution >= 0.6 is 11.6 Å². The van der Waals surface area contributed by atoms with Crippen LogP contribution in [-0.4, -0.2) is 11.0 Å². The van der Waals surface area contributed by atoms with Gasteiger partial charge in [0.15, 0.2) is 5.82 Å². The van der Waals surface area contributed by atoms with Gasteiger partial charge in [0.05, 0.1) is 5.69 Å². The molecule has 0 amide bonds. The maximum atomic E-state index is 5.83. The smallest absolute Gasteiger partial charge is 0.151 e. The van der Waals surface area contributed by atoms with Crippen molar-refractivity contribution in [2.24, 2.45) is 5.92 Å². The van der Waals surface area contributed by atoms with Gasteiger partial charge >= 0.3 is 0 Å². The molecule has 3 N–H and O–H groups in total. The van der Waals surface area contributed by atoms with Gasteiger partial charge in [0, 0.05) is 6.04 Å². The highest BCUT2D eigenvalue weighted by atomic mass is 35.5. The van der Waals surface area contributed by atoms with Crippen molar-refractivity contribution in [1.82, 2.24) is 4.98 Å². The Balaban J connectivity index is 2.12. The fraction of sp³-hybridized carbons (Fsp3) is 0.545. The molecule has 1 aromatic heterocycles. The molecule has 4 heteroatoms. The zero-order chi connectivity index (χ0) is 10.8. The first-order chi connectivity index (χ1) is 7.16. The zero-order valence-corrected chi connectivity index (χ0v) is 9.59. The maximum Gasteiger partial charge on any atom is 0.151 e. The van der Waals surface area contributed by atoms with Gasteiger partial charge in [0.1, 0.15) is 5.15 Å². The van der Waals surface area contributed by atoms with E-state index in [4.69, 9.17) is 17.3 Å². The summed E-state index contributed by atoms with van der Waals surface area (Å²) in [6, 6.07) is 3.98. The van der Waals surface area contributed by atoms with Crippen LogP contribution in [0.15, 0.2) is 12.1 Å². The first-order valence-electron chi connectivity index (χ1n) is 5.35. The van der Waals surface area contributed by atoms with Crippen LogP contribution in [0.3, 0.4) is 0 Å². The lowest BCUT2D eigenvalue weighted by Crippen LogP contribution is -2.23. The van der Waals surface area contributed by atoms with Gasteiger partial charge in [-0.2, -0.15) is 0 Å². The van der Waals surface area contributed by atoms with Crippen LogP contribution in [0, 0.1) is 5.92 Å². The van der Waals surface area contributed by atoms with Crippen molar-refractivity contribution in [1.29, 1.82) is 0 Å². The minimum atomic E-state index is 0.484. The van der Waals surface area contributed by atoms with Crippen LogP contribution < -0.4 is 11.1 Å². The Hall–Kier alpha value is -0.960. The first-order valence-corrected chi connectivity index (χ1v) is 5.73. The second kappa shape index (κ2) is 4.27. The Morgan fingerprint density at radius 2 is 2.27 bits per heavy atom. The molecule has 82 valence electrons. The van der Waals surface area contributed by atoms with Gasteiger partial charge in [-0.1, -0.05) is 24.9 Å². The molecule has 1 aliphatic rings. The summed E-state index contributed by atoms with van der Waals surface area (Å²) in [5, 5.41) is 3.86. The number of aromatic nitrogens is 1. The van der Waals surface area contributed by atoms with Crippen molar-refractivity contribution < 1.29 is 0 Å². The lowest BCUT2D eigenvalue weighted by Gasteiger charge is -2.18. The molecule has 1 aliphatic carbocycles. The van der Waals surface area contributed by atoms with Crippen molar-refractivity contribution in [2.45, 2.75) is 32.2 Å². The lowest BCUT2D eigenvalue weighted by molar-refractivity contribution is 0.555. The van der Waals surface area contributed by atoms with E-state index in [1.165, 1.54) is 19.3 Å². The number of nitrogens with zero attached hydrogens (tertiary/aromatic N) is 1. The average Bonchev–Trinajstić information content (AvgIpc) is 2.58. The van der Waals surface area contributed by atoms with E-state index < -0.39 is 0 Å². The molecule has 15 heavy (non-hydrogen) atoms. The van der Waals surface area contributed by atoms with E-state index in [1.54, 1.807) is 12.1 Å². The van der Waals surface area contributed by atoms with E-state index in [1.807, 2.05) is 0 Å². The highest BCUT2D eigenvalue weighted by molar-refractivity contribution is 6.29. The first kappa shape index (κ1) is 10.6. The fourth-order valence-corrected chi connectivity index (χ4v) is 2.24. The molecule has 1 heterocycles. The summed E-state index contributed by atoms with van der Waals surface area (Å²) >= 11 is 5.83. The predicted molar refractivity (Wildman–Crippen MR) is 64.1 cm³/mol. The summed E-state index contributed by atoms with van der Waals surface area (Å²) < 4.78 is 0. The Morgan fingerprint density at radius 3 is 2.93 bits per heavy atom. The Morgan fingerprint density at radius 1 is 1.47 bits per heavy atom. The van der Waals surface area contributed by atoms with Gasteiger partial charge in [0.25, 0.3) is 0 Å². The molecule has 3 nitrogen and oxygen atoms in total. The predicted octanol–water partition coefficient (Wildman–Crippen LogP) is 2.92. The summed E-state index contributed by atoms with van der Waals surface area (Å²) in [5.41, 5.74) is 6.49. The Labute approximate surface area is 95.0 Å². The molecule has 1 fully saturated rings. The highest BCUT2D eigenvalue weighted by Gasteiger charge is 2.23. The number of hydrogen-bond donors (Lipinski definition) is 2.